The first-order chi connectivity index (χ1) is 14.2. The van der Waals surface area contributed by atoms with Crippen molar-refractivity contribution in [2.75, 3.05) is 25.5 Å². The van der Waals surface area contributed by atoms with Crippen LogP contribution in [0.1, 0.15) is 28.5 Å². The number of carbonyl (C=O) groups is 1. The minimum Gasteiger partial charge on any atom is -0.497 e. The molecule has 0 saturated carbocycles. The molecule has 6 nitrogen and oxygen atoms in total. The first-order valence-corrected chi connectivity index (χ1v) is 9.73. The van der Waals surface area contributed by atoms with Crippen LogP contribution in [0.2, 0.25) is 0 Å². The maximum absolute atomic E-state index is 12.7. The van der Waals surface area contributed by atoms with Crippen molar-refractivity contribution in [2.24, 2.45) is 0 Å². The molecule has 0 bridgehead atoms. The maximum Gasteiger partial charge on any atom is 0.274 e. The van der Waals surface area contributed by atoms with Gasteiger partial charge in [-0.3, -0.25) is 4.79 Å². The second-order valence-corrected chi connectivity index (χ2v) is 6.63. The van der Waals surface area contributed by atoms with Crippen molar-refractivity contribution in [3.05, 3.63) is 83.6 Å². The SMILES string of the molecule is CCN(Cc1ccccc1)C(=O)c1ccc(NCCc2ccc(OC)cc2)nn1. The lowest BCUT2D eigenvalue weighted by atomic mass is 10.1. The molecule has 0 aliphatic carbocycles. The summed E-state index contributed by atoms with van der Waals surface area (Å²) >= 11 is 0. The highest BCUT2D eigenvalue weighted by Gasteiger charge is 2.16. The molecule has 1 N–H and O–H groups in total. The van der Waals surface area contributed by atoms with Crippen LogP contribution in [-0.4, -0.2) is 41.2 Å². The first-order valence-electron chi connectivity index (χ1n) is 9.73. The van der Waals surface area contributed by atoms with Gasteiger partial charge < -0.3 is 15.0 Å². The molecule has 1 aromatic heterocycles. The van der Waals surface area contributed by atoms with Gasteiger partial charge >= 0.3 is 0 Å². The van der Waals surface area contributed by atoms with E-state index >= 15 is 0 Å². The molecule has 1 heterocycles. The molecule has 3 aromatic rings. The van der Waals surface area contributed by atoms with E-state index in [9.17, 15) is 4.79 Å². The number of anilines is 1. The molecule has 0 saturated heterocycles. The molecular weight excluding hydrogens is 364 g/mol. The van der Waals surface area contributed by atoms with Crippen molar-refractivity contribution in [3.63, 3.8) is 0 Å². The predicted octanol–water partition coefficient (Wildman–Crippen LogP) is 3.80. The summed E-state index contributed by atoms with van der Waals surface area (Å²) in [4.78, 5) is 14.5. The molecule has 1 amide bonds. The van der Waals surface area contributed by atoms with Gasteiger partial charge in [-0.25, -0.2) is 0 Å². The topological polar surface area (TPSA) is 67.4 Å². The van der Waals surface area contributed by atoms with Crippen LogP contribution < -0.4 is 10.1 Å². The fourth-order valence-electron chi connectivity index (χ4n) is 2.96. The lowest BCUT2D eigenvalue weighted by molar-refractivity contribution is 0.0745. The Morgan fingerprint density at radius 3 is 2.34 bits per heavy atom. The van der Waals surface area contributed by atoms with Crippen LogP contribution in [0.25, 0.3) is 0 Å². The lowest BCUT2D eigenvalue weighted by Gasteiger charge is -2.20. The summed E-state index contributed by atoms with van der Waals surface area (Å²) in [6.07, 6.45) is 0.854. The summed E-state index contributed by atoms with van der Waals surface area (Å²) in [5.41, 5.74) is 2.65. The van der Waals surface area contributed by atoms with Crippen molar-refractivity contribution in [2.45, 2.75) is 19.9 Å². The van der Waals surface area contributed by atoms with Crippen LogP contribution in [0.4, 0.5) is 5.82 Å². The summed E-state index contributed by atoms with van der Waals surface area (Å²) < 4.78 is 5.17. The Morgan fingerprint density at radius 1 is 0.966 bits per heavy atom. The summed E-state index contributed by atoms with van der Waals surface area (Å²) in [6.45, 7) is 3.85. The van der Waals surface area contributed by atoms with E-state index < -0.39 is 0 Å². The van der Waals surface area contributed by atoms with E-state index in [1.807, 2.05) is 61.5 Å². The van der Waals surface area contributed by atoms with Gasteiger partial charge in [0.1, 0.15) is 11.6 Å². The van der Waals surface area contributed by atoms with E-state index in [2.05, 4.69) is 15.5 Å². The third-order valence-corrected chi connectivity index (χ3v) is 4.65. The van der Waals surface area contributed by atoms with Crippen molar-refractivity contribution < 1.29 is 9.53 Å². The summed E-state index contributed by atoms with van der Waals surface area (Å²) in [6, 6.07) is 21.4. The molecule has 0 spiro atoms. The zero-order valence-electron chi connectivity index (χ0n) is 16.8. The van der Waals surface area contributed by atoms with Gasteiger partial charge in [-0.2, -0.15) is 0 Å². The van der Waals surface area contributed by atoms with E-state index in [-0.39, 0.29) is 5.91 Å². The van der Waals surface area contributed by atoms with E-state index in [0.29, 0.717) is 24.6 Å². The van der Waals surface area contributed by atoms with Crippen LogP contribution in [0.15, 0.2) is 66.7 Å². The van der Waals surface area contributed by atoms with Crippen LogP contribution in [0.5, 0.6) is 5.75 Å². The molecule has 29 heavy (non-hydrogen) atoms. The number of carbonyl (C=O) groups excluding carboxylic acids is 1. The fraction of sp³-hybridized carbons (Fsp3) is 0.261. The molecule has 150 valence electrons. The molecule has 0 radical (unpaired) electrons. The third kappa shape index (κ3) is 5.78. The van der Waals surface area contributed by atoms with Crippen molar-refractivity contribution in [1.29, 1.82) is 0 Å². The number of amides is 1. The normalized spacial score (nSPS) is 10.4. The lowest BCUT2D eigenvalue weighted by Crippen LogP contribution is -2.31. The largest absolute Gasteiger partial charge is 0.497 e. The fourth-order valence-corrected chi connectivity index (χ4v) is 2.96. The highest BCUT2D eigenvalue weighted by Crippen LogP contribution is 2.12. The number of nitrogens with one attached hydrogen (secondary N) is 1. The van der Waals surface area contributed by atoms with Crippen LogP contribution >= 0.6 is 0 Å². The number of benzene rings is 2. The standard InChI is InChI=1S/C23H26N4O2/c1-3-27(17-19-7-5-4-6-8-19)23(28)21-13-14-22(26-25-21)24-16-15-18-9-11-20(29-2)12-10-18/h4-14H,3,15-17H2,1-2H3,(H,24,26). The number of methoxy groups -OCH3 is 1. The van der Waals surface area contributed by atoms with Crippen molar-refractivity contribution in [1.82, 2.24) is 15.1 Å². The number of hydrogen-bond acceptors (Lipinski definition) is 5. The Morgan fingerprint density at radius 2 is 1.72 bits per heavy atom. The van der Waals surface area contributed by atoms with E-state index in [1.165, 1.54) is 5.56 Å². The van der Waals surface area contributed by atoms with Gasteiger partial charge in [0.05, 0.1) is 7.11 Å². The van der Waals surface area contributed by atoms with E-state index in [4.69, 9.17) is 4.74 Å². The number of ether oxygens (including phenoxy) is 1. The van der Waals surface area contributed by atoms with Crippen LogP contribution in [-0.2, 0) is 13.0 Å². The molecule has 0 atom stereocenters. The van der Waals surface area contributed by atoms with Gasteiger partial charge in [0.25, 0.3) is 5.91 Å². The van der Waals surface area contributed by atoms with Gasteiger partial charge in [0.15, 0.2) is 5.69 Å². The molecule has 2 aromatic carbocycles. The van der Waals surface area contributed by atoms with Crippen LogP contribution in [0, 0.1) is 0 Å². The highest BCUT2D eigenvalue weighted by atomic mass is 16.5. The molecular formula is C23H26N4O2. The highest BCUT2D eigenvalue weighted by molar-refractivity contribution is 5.92. The first kappa shape index (κ1) is 20.3. The summed E-state index contributed by atoms with van der Waals surface area (Å²) in [5.74, 6) is 1.39. The predicted molar refractivity (Wildman–Crippen MR) is 114 cm³/mol. The van der Waals surface area contributed by atoms with Crippen molar-refractivity contribution in [3.8, 4) is 5.75 Å². The molecule has 0 aliphatic rings. The maximum atomic E-state index is 12.7. The molecule has 0 fully saturated rings. The Balaban J connectivity index is 1.53. The van der Waals surface area contributed by atoms with Gasteiger partial charge in [-0.1, -0.05) is 42.5 Å². The Kier molecular flexibility index (Phi) is 7.16. The minimum absolute atomic E-state index is 0.117. The van der Waals surface area contributed by atoms with Gasteiger partial charge in [-0.05, 0) is 48.7 Å². The summed E-state index contributed by atoms with van der Waals surface area (Å²) in [7, 11) is 1.66. The minimum atomic E-state index is -0.117. The van der Waals surface area contributed by atoms with Crippen molar-refractivity contribution >= 4 is 11.7 Å². The molecule has 3 rings (SSSR count). The second kappa shape index (κ2) is 10.2. The number of nitrogens with zero attached hydrogens (tertiary/aromatic N) is 3. The average Bonchev–Trinajstić information content (AvgIpc) is 2.78. The smallest absolute Gasteiger partial charge is 0.274 e. The van der Waals surface area contributed by atoms with E-state index in [1.54, 1.807) is 24.1 Å². The third-order valence-electron chi connectivity index (χ3n) is 4.65. The van der Waals surface area contributed by atoms with Gasteiger partial charge in [0.2, 0.25) is 0 Å². The van der Waals surface area contributed by atoms with Gasteiger partial charge in [-0.15, -0.1) is 10.2 Å². The molecule has 0 aliphatic heterocycles. The monoisotopic (exact) mass is 390 g/mol. The quantitative estimate of drug-likeness (QED) is 0.602. The van der Waals surface area contributed by atoms with Crippen LogP contribution in [0.3, 0.4) is 0 Å². The molecule has 0 unspecified atom stereocenters. The zero-order valence-corrected chi connectivity index (χ0v) is 16.8. The Bertz CT molecular complexity index is 896. The second-order valence-electron chi connectivity index (χ2n) is 6.63. The van der Waals surface area contributed by atoms with E-state index in [0.717, 1.165) is 24.3 Å². The average molecular weight is 390 g/mol. The Labute approximate surface area is 171 Å². The Hall–Kier alpha value is -3.41. The number of aromatic nitrogens is 2. The summed E-state index contributed by atoms with van der Waals surface area (Å²) in [5, 5.41) is 11.5. The zero-order chi connectivity index (χ0) is 20.5. The van der Waals surface area contributed by atoms with Gasteiger partial charge in [0, 0.05) is 19.6 Å². The number of hydrogen-bond donors (Lipinski definition) is 1. The number of rotatable bonds is 9. The molecule has 6 heteroatoms.